The Bertz CT molecular complexity index is 735. The van der Waals surface area contributed by atoms with Gasteiger partial charge in [0.2, 0.25) is 5.91 Å². The monoisotopic (exact) mass is 311 g/mol. The first-order valence-corrected chi connectivity index (χ1v) is 7.32. The number of hydrogen-bond donors (Lipinski definition) is 1. The summed E-state index contributed by atoms with van der Waals surface area (Å²) in [4.78, 5) is 12.1. The van der Waals surface area contributed by atoms with Gasteiger partial charge in [-0.1, -0.05) is 18.2 Å². The van der Waals surface area contributed by atoms with Crippen molar-refractivity contribution in [2.45, 2.75) is 13.8 Å². The minimum absolute atomic E-state index is 0.173. The first kappa shape index (κ1) is 16.6. The molecule has 0 aliphatic heterocycles. The molecule has 23 heavy (non-hydrogen) atoms. The largest absolute Gasteiger partial charge is 0.493 e. The number of anilines is 1. The number of benzene rings is 2. The maximum atomic E-state index is 12.1. The second kappa shape index (κ2) is 7.49. The van der Waals surface area contributed by atoms with Gasteiger partial charge >= 0.3 is 0 Å². The number of amides is 1. The highest BCUT2D eigenvalue weighted by Crippen LogP contribution is 2.28. The maximum absolute atomic E-state index is 12.1. The van der Waals surface area contributed by atoms with Gasteiger partial charge in [-0.3, -0.25) is 4.79 Å². The molecule has 2 rings (SSSR count). The molecule has 0 aromatic heterocycles. The Morgan fingerprint density at radius 1 is 1.00 bits per heavy atom. The molecule has 0 fully saturated rings. The smallest absolute Gasteiger partial charge is 0.248 e. The standard InChI is InChI=1S/C19H21NO3/c1-13-5-6-14(2)16(11-13)20-19(21)10-8-15-7-9-17(22-3)18(12-15)23-4/h5-12H,1-4H3,(H,20,21). The van der Waals surface area contributed by atoms with Crippen LogP contribution < -0.4 is 14.8 Å². The van der Waals surface area contributed by atoms with Crippen LogP contribution in [0.2, 0.25) is 0 Å². The van der Waals surface area contributed by atoms with Crippen LogP contribution in [0.15, 0.2) is 42.5 Å². The van der Waals surface area contributed by atoms with Gasteiger partial charge in [0.15, 0.2) is 11.5 Å². The Balaban J connectivity index is 2.10. The fourth-order valence-electron chi connectivity index (χ4n) is 2.17. The van der Waals surface area contributed by atoms with Gasteiger partial charge < -0.3 is 14.8 Å². The van der Waals surface area contributed by atoms with E-state index in [9.17, 15) is 4.79 Å². The number of methoxy groups -OCH3 is 2. The van der Waals surface area contributed by atoms with Crippen molar-refractivity contribution in [3.63, 3.8) is 0 Å². The third-order valence-electron chi connectivity index (χ3n) is 3.49. The molecule has 2 aromatic carbocycles. The number of nitrogens with one attached hydrogen (secondary N) is 1. The lowest BCUT2D eigenvalue weighted by atomic mass is 10.1. The highest BCUT2D eigenvalue weighted by atomic mass is 16.5. The van der Waals surface area contributed by atoms with Gasteiger partial charge in [-0.2, -0.15) is 0 Å². The Morgan fingerprint density at radius 3 is 2.43 bits per heavy atom. The highest BCUT2D eigenvalue weighted by molar-refractivity contribution is 6.02. The molecule has 0 spiro atoms. The molecule has 0 heterocycles. The second-order valence-corrected chi connectivity index (χ2v) is 5.26. The quantitative estimate of drug-likeness (QED) is 0.850. The first-order valence-electron chi connectivity index (χ1n) is 7.32. The zero-order valence-electron chi connectivity index (χ0n) is 13.8. The van der Waals surface area contributed by atoms with Crippen LogP contribution in [-0.4, -0.2) is 20.1 Å². The normalized spacial score (nSPS) is 10.6. The van der Waals surface area contributed by atoms with Gasteiger partial charge in [0.25, 0.3) is 0 Å². The van der Waals surface area contributed by atoms with Crippen LogP contribution in [-0.2, 0) is 4.79 Å². The number of rotatable bonds is 5. The zero-order valence-corrected chi connectivity index (χ0v) is 13.8. The van der Waals surface area contributed by atoms with Gasteiger partial charge in [0, 0.05) is 11.8 Å². The summed E-state index contributed by atoms with van der Waals surface area (Å²) in [6, 6.07) is 11.5. The molecule has 0 aliphatic carbocycles. The molecule has 0 saturated heterocycles. The van der Waals surface area contributed by atoms with E-state index < -0.39 is 0 Å². The molecule has 0 unspecified atom stereocenters. The van der Waals surface area contributed by atoms with E-state index in [2.05, 4.69) is 5.32 Å². The summed E-state index contributed by atoms with van der Waals surface area (Å²) < 4.78 is 10.4. The van der Waals surface area contributed by atoms with Crippen molar-refractivity contribution in [2.24, 2.45) is 0 Å². The van der Waals surface area contributed by atoms with E-state index in [4.69, 9.17) is 9.47 Å². The third-order valence-corrected chi connectivity index (χ3v) is 3.49. The van der Waals surface area contributed by atoms with Crippen molar-refractivity contribution in [3.05, 3.63) is 59.2 Å². The van der Waals surface area contributed by atoms with E-state index in [1.165, 1.54) is 6.08 Å². The number of carbonyl (C=O) groups excluding carboxylic acids is 1. The van der Waals surface area contributed by atoms with Crippen LogP contribution in [0.3, 0.4) is 0 Å². The Kier molecular flexibility index (Phi) is 5.41. The lowest BCUT2D eigenvalue weighted by molar-refractivity contribution is -0.111. The average Bonchev–Trinajstić information content (AvgIpc) is 2.56. The number of carbonyl (C=O) groups is 1. The fourth-order valence-corrected chi connectivity index (χ4v) is 2.17. The van der Waals surface area contributed by atoms with Gasteiger partial charge in [-0.15, -0.1) is 0 Å². The van der Waals surface area contributed by atoms with Crippen LogP contribution in [0, 0.1) is 13.8 Å². The van der Waals surface area contributed by atoms with E-state index in [-0.39, 0.29) is 5.91 Å². The summed E-state index contributed by atoms with van der Waals surface area (Å²) in [6.07, 6.45) is 3.24. The number of ether oxygens (including phenoxy) is 2. The summed E-state index contributed by atoms with van der Waals surface area (Å²) in [7, 11) is 3.17. The van der Waals surface area contributed by atoms with Crippen molar-refractivity contribution in [1.82, 2.24) is 0 Å². The first-order chi connectivity index (χ1) is 11.0. The van der Waals surface area contributed by atoms with Gasteiger partial charge in [-0.25, -0.2) is 0 Å². The number of hydrogen-bond acceptors (Lipinski definition) is 3. The topological polar surface area (TPSA) is 47.6 Å². The lowest BCUT2D eigenvalue weighted by Crippen LogP contribution is -2.09. The van der Waals surface area contributed by atoms with E-state index in [1.807, 2.05) is 44.2 Å². The molecule has 0 aliphatic rings. The van der Waals surface area contributed by atoms with Crippen molar-refractivity contribution < 1.29 is 14.3 Å². The Hall–Kier alpha value is -2.75. The summed E-state index contributed by atoms with van der Waals surface area (Å²) in [6.45, 7) is 3.96. The molecule has 4 nitrogen and oxygen atoms in total. The average molecular weight is 311 g/mol. The van der Waals surface area contributed by atoms with Crippen molar-refractivity contribution in [2.75, 3.05) is 19.5 Å². The SMILES string of the molecule is COc1ccc(C=CC(=O)Nc2cc(C)ccc2C)cc1OC. The number of aryl methyl sites for hydroxylation is 2. The molecule has 4 heteroatoms. The van der Waals surface area contributed by atoms with Crippen LogP contribution in [0.4, 0.5) is 5.69 Å². The lowest BCUT2D eigenvalue weighted by Gasteiger charge is -2.08. The predicted octanol–water partition coefficient (Wildman–Crippen LogP) is 3.97. The fraction of sp³-hybridized carbons (Fsp3) is 0.211. The van der Waals surface area contributed by atoms with E-state index in [0.717, 1.165) is 22.4 Å². The molecule has 120 valence electrons. The molecule has 1 N–H and O–H groups in total. The summed E-state index contributed by atoms with van der Waals surface area (Å²) in [5.41, 5.74) is 3.82. The third kappa shape index (κ3) is 4.36. The van der Waals surface area contributed by atoms with Gasteiger partial charge in [-0.05, 0) is 54.8 Å². The van der Waals surface area contributed by atoms with Crippen molar-refractivity contribution >= 4 is 17.7 Å². The van der Waals surface area contributed by atoms with Crippen LogP contribution in [0.5, 0.6) is 11.5 Å². The summed E-state index contributed by atoms with van der Waals surface area (Å²) in [5, 5.41) is 2.89. The van der Waals surface area contributed by atoms with Crippen LogP contribution >= 0.6 is 0 Å². The minimum Gasteiger partial charge on any atom is -0.493 e. The van der Waals surface area contributed by atoms with Crippen LogP contribution in [0.1, 0.15) is 16.7 Å². The molecule has 2 aromatic rings. The van der Waals surface area contributed by atoms with Crippen molar-refractivity contribution in [1.29, 1.82) is 0 Å². The molecule has 0 radical (unpaired) electrons. The van der Waals surface area contributed by atoms with Crippen molar-refractivity contribution in [3.8, 4) is 11.5 Å². The Morgan fingerprint density at radius 2 is 1.74 bits per heavy atom. The molecular weight excluding hydrogens is 290 g/mol. The summed E-state index contributed by atoms with van der Waals surface area (Å²) >= 11 is 0. The minimum atomic E-state index is -0.173. The van der Waals surface area contributed by atoms with Gasteiger partial charge in [0.1, 0.15) is 0 Å². The maximum Gasteiger partial charge on any atom is 0.248 e. The predicted molar refractivity (Wildman–Crippen MR) is 93.1 cm³/mol. The van der Waals surface area contributed by atoms with Gasteiger partial charge in [0.05, 0.1) is 14.2 Å². The molecule has 0 saturated carbocycles. The van der Waals surface area contributed by atoms with E-state index in [0.29, 0.717) is 11.5 Å². The molecule has 0 atom stereocenters. The molecule has 0 bridgehead atoms. The van der Waals surface area contributed by atoms with E-state index >= 15 is 0 Å². The Labute approximate surface area is 136 Å². The summed E-state index contributed by atoms with van der Waals surface area (Å²) in [5.74, 6) is 1.11. The van der Waals surface area contributed by atoms with E-state index in [1.54, 1.807) is 26.4 Å². The molecular formula is C19H21NO3. The highest BCUT2D eigenvalue weighted by Gasteiger charge is 2.04. The van der Waals surface area contributed by atoms with Crippen LogP contribution in [0.25, 0.3) is 6.08 Å². The zero-order chi connectivity index (χ0) is 16.8. The molecule has 1 amide bonds. The second-order valence-electron chi connectivity index (χ2n) is 5.26.